The summed E-state index contributed by atoms with van der Waals surface area (Å²) in [7, 11) is 0. The smallest absolute Gasteiger partial charge is 0.273 e. The van der Waals surface area contributed by atoms with Crippen molar-refractivity contribution in [1.29, 1.82) is 0 Å². The highest BCUT2D eigenvalue weighted by molar-refractivity contribution is 7.09. The van der Waals surface area contributed by atoms with Gasteiger partial charge in [-0.2, -0.15) is 0 Å². The normalized spacial score (nSPS) is 13.0. The van der Waals surface area contributed by atoms with Crippen LogP contribution in [0.15, 0.2) is 17.5 Å². The van der Waals surface area contributed by atoms with Gasteiger partial charge in [0, 0.05) is 25.0 Å². The van der Waals surface area contributed by atoms with E-state index in [4.69, 9.17) is 15.2 Å². The van der Waals surface area contributed by atoms with Crippen molar-refractivity contribution in [3.63, 3.8) is 0 Å². The molecular weight excluding hydrogens is 374 g/mol. The van der Waals surface area contributed by atoms with Crippen LogP contribution < -0.4 is 15.2 Å². The number of ether oxygens (including phenoxy) is 2. The van der Waals surface area contributed by atoms with Gasteiger partial charge in [-0.25, -0.2) is 4.98 Å². The molecule has 3 rings (SSSR count). The Morgan fingerprint density at radius 2 is 1.88 bits per heavy atom. The van der Waals surface area contributed by atoms with E-state index in [1.54, 1.807) is 5.38 Å². The second kappa shape index (κ2) is 9.21. The molecule has 1 aliphatic rings. The number of hydrogen-bond acceptors (Lipinski definition) is 6. The first-order valence-corrected chi connectivity index (χ1v) is 9.39. The fraction of sp³-hybridized carbons (Fsp3) is 0.444. The van der Waals surface area contributed by atoms with Crippen LogP contribution in [0.5, 0.6) is 11.5 Å². The Bertz CT molecular complexity index is 766. The van der Waals surface area contributed by atoms with Crippen LogP contribution in [0.25, 0.3) is 0 Å². The zero-order chi connectivity index (χ0) is 17.8. The summed E-state index contributed by atoms with van der Waals surface area (Å²) < 4.78 is 11.4. The predicted molar refractivity (Wildman–Crippen MR) is 104 cm³/mol. The number of halogens is 1. The summed E-state index contributed by atoms with van der Waals surface area (Å²) in [6.45, 7) is 6.65. The van der Waals surface area contributed by atoms with E-state index in [-0.39, 0.29) is 18.3 Å². The molecule has 8 heteroatoms. The minimum absolute atomic E-state index is 0. The van der Waals surface area contributed by atoms with Crippen molar-refractivity contribution in [2.45, 2.75) is 33.4 Å². The number of rotatable bonds is 6. The van der Waals surface area contributed by atoms with Crippen molar-refractivity contribution < 1.29 is 14.3 Å². The molecule has 26 heavy (non-hydrogen) atoms. The van der Waals surface area contributed by atoms with Crippen molar-refractivity contribution in [3.8, 4) is 11.5 Å². The zero-order valence-electron chi connectivity index (χ0n) is 15.0. The van der Waals surface area contributed by atoms with E-state index >= 15 is 0 Å². The molecule has 0 spiro atoms. The van der Waals surface area contributed by atoms with Gasteiger partial charge in [-0.1, -0.05) is 0 Å². The number of benzene rings is 1. The molecule has 142 valence electrons. The molecule has 0 bridgehead atoms. The van der Waals surface area contributed by atoms with Crippen LogP contribution in [0.1, 0.15) is 40.5 Å². The Morgan fingerprint density at radius 1 is 1.23 bits per heavy atom. The first kappa shape index (κ1) is 20.5. The summed E-state index contributed by atoms with van der Waals surface area (Å²) in [5, 5.41) is 2.56. The van der Waals surface area contributed by atoms with Crippen LogP contribution in [-0.4, -0.2) is 35.5 Å². The number of hydrogen-bond donors (Lipinski definition) is 1. The average molecular weight is 398 g/mol. The lowest BCUT2D eigenvalue weighted by atomic mass is 9.98. The Morgan fingerprint density at radius 3 is 2.46 bits per heavy atom. The van der Waals surface area contributed by atoms with Gasteiger partial charge in [0.05, 0.1) is 13.2 Å². The Labute approximate surface area is 163 Å². The van der Waals surface area contributed by atoms with Crippen LogP contribution in [0, 0.1) is 0 Å². The molecule has 0 radical (unpaired) electrons. The van der Waals surface area contributed by atoms with E-state index < -0.39 is 0 Å². The van der Waals surface area contributed by atoms with Gasteiger partial charge in [0.25, 0.3) is 5.91 Å². The lowest BCUT2D eigenvalue weighted by Crippen LogP contribution is -2.36. The van der Waals surface area contributed by atoms with Gasteiger partial charge >= 0.3 is 0 Å². The number of aromatic nitrogens is 1. The molecule has 2 heterocycles. The number of nitrogens with zero attached hydrogens (tertiary/aromatic N) is 2. The van der Waals surface area contributed by atoms with Gasteiger partial charge < -0.3 is 20.1 Å². The molecule has 0 saturated carbocycles. The third-order valence-electron chi connectivity index (χ3n) is 4.11. The van der Waals surface area contributed by atoms with E-state index in [0.29, 0.717) is 38.5 Å². The average Bonchev–Trinajstić information content (AvgIpc) is 3.11. The number of carbonyl (C=O) groups is 1. The molecule has 1 aliphatic heterocycles. The number of amides is 1. The second-order valence-corrected chi connectivity index (χ2v) is 6.68. The first-order chi connectivity index (χ1) is 12.2. The second-order valence-electron chi connectivity index (χ2n) is 5.74. The number of thiazole rings is 1. The van der Waals surface area contributed by atoms with Crippen molar-refractivity contribution in [1.82, 2.24) is 9.88 Å². The van der Waals surface area contributed by atoms with E-state index in [9.17, 15) is 4.79 Å². The molecule has 0 unspecified atom stereocenters. The van der Waals surface area contributed by atoms with Crippen molar-refractivity contribution in [3.05, 3.63) is 39.3 Å². The molecule has 1 amide bonds. The molecular formula is C18H24ClN3O3S. The van der Waals surface area contributed by atoms with Gasteiger partial charge in [-0.3, -0.25) is 4.79 Å². The maximum atomic E-state index is 12.7. The summed E-state index contributed by atoms with van der Waals surface area (Å²) in [5.41, 5.74) is 8.37. The third-order valence-corrected chi connectivity index (χ3v) is 4.98. The fourth-order valence-electron chi connectivity index (χ4n) is 2.94. The highest BCUT2D eigenvalue weighted by Crippen LogP contribution is 2.34. The maximum Gasteiger partial charge on any atom is 0.273 e. The largest absolute Gasteiger partial charge is 0.490 e. The lowest BCUT2D eigenvalue weighted by Gasteiger charge is -2.29. The van der Waals surface area contributed by atoms with Gasteiger partial charge in [0.1, 0.15) is 10.7 Å². The van der Waals surface area contributed by atoms with E-state index in [1.807, 2.05) is 30.9 Å². The van der Waals surface area contributed by atoms with Crippen LogP contribution in [0.4, 0.5) is 0 Å². The summed E-state index contributed by atoms with van der Waals surface area (Å²) in [4.78, 5) is 18.8. The number of carbonyl (C=O) groups excluding carboxylic acids is 1. The molecule has 0 fully saturated rings. The van der Waals surface area contributed by atoms with Gasteiger partial charge in [-0.05, 0) is 43.5 Å². The van der Waals surface area contributed by atoms with Gasteiger partial charge in [0.15, 0.2) is 11.5 Å². The van der Waals surface area contributed by atoms with E-state index in [1.165, 1.54) is 16.9 Å². The molecule has 6 nitrogen and oxygen atoms in total. The molecule has 2 N–H and O–H groups in total. The third kappa shape index (κ3) is 4.28. The SMILES string of the molecule is CCOc1cc2c(cc1OCC)CN(C(=O)c1csc(CN)n1)CC2.Cl. The van der Waals surface area contributed by atoms with E-state index in [2.05, 4.69) is 4.98 Å². The lowest BCUT2D eigenvalue weighted by molar-refractivity contribution is 0.0729. The summed E-state index contributed by atoms with van der Waals surface area (Å²) in [5.74, 6) is 1.46. The Balaban J connectivity index is 0.00000243. The summed E-state index contributed by atoms with van der Waals surface area (Å²) in [6.07, 6.45) is 0.793. The standard InChI is InChI=1S/C18H23N3O3S.ClH/c1-3-23-15-7-12-5-6-21(10-13(12)8-16(15)24-4-2)18(22)14-11-25-17(9-19)20-14;/h7-8,11H,3-6,9-10,19H2,1-2H3;1H. The van der Waals surface area contributed by atoms with Crippen LogP contribution in [0.3, 0.4) is 0 Å². The minimum Gasteiger partial charge on any atom is -0.490 e. The summed E-state index contributed by atoms with van der Waals surface area (Å²) in [6, 6.07) is 4.04. The van der Waals surface area contributed by atoms with E-state index in [0.717, 1.165) is 28.5 Å². The number of nitrogens with two attached hydrogens (primary N) is 1. The minimum atomic E-state index is -0.0477. The van der Waals surface area contributed by atoms with Crippen LogP contribution in [0.2, 0.25) is 0 Å². The first-order valence-electron chi connectivity index (χ1n) is 8.51. The fourth-order valence-corrected chi connectivity index (χ4v) is 3.59. The maximum absolute atomic E-state index is 12.7. The highest BCUT2D eigenvalue weighted by Gasteiger charge is 2.25. The Kier molecular flexibility index (Phi) is 7.25. The zero-order valence-corrected chi connectivity index (χ0v) is 16.6. The van der Waals surface area contributed by atoms with Crippen LogP contribution in [-0.2, 0) is 19.5 Å². The molecule has 0 atom stereocenters. The topological polar surface area (TPSA) is 77.7 Å². The summed E-state index contributed by atoms with van der Waals surface area (Å²) >= 11 is 1.42. The quantitative estimate of drug-likeness (QED) is 0.810. The van der Waals surface area contributed by atoms with Gasteiger partial charge in [0.2, 0.25) is 0 Å². The van der Waals surface area contributed by atoms with Crippen LogP contribution >= 0.6 is 23.7 Å². The molecule has 1 aromatic carbocycles. The van der Waals surface area contributed by atoms with Gasteiger partial charge in [-0.15, -0.1) is 23.7 Å². The monoisotopic (exact) mass is 397 g/mol. The predicted octanol–water partition coefficient (Wildman–Crippen LogP) is 3.02. The molecule has 0 aliphatic carbocycles. The van der Waals surface area contributed by atoms with Crippen molar-refractivity contribution in [2.24, 2.45) is 5.73 Å². The molecule has 2 aromatic rings. The van der Waals surface area contributed by atoms with Crippen molar-refractivity contribution >= 4 is 29.7 Å². The highest BCUT2D eigenvalue weighted by atomic mass is 35.5. The van der Waals surface area contributed by atoms with Crippen molar-refractivity contribution in [2.75, 3.05) is 19.8 Å². The number of fused-ring (bicyclic) bond motifs is 1. The molecule has 1 aromatic heterocycles. The molecule has 0 saturated heterocycles. The Hall–Kier alpha value is -1.83.